The van der Waals surface area contributed by atoms with Gasteiger partial charge >= 0.3 is 5.97 Å². The van der Waals surface area contributed by atoms with Crippen molar-refractivity contribution in [2.24, 2.45) is 0 Å². The minimum Gasteiger partial charge on any atom is -0.481 e. The minimum atomic E-state index is -0.842. The molecule has 1 fully saturated rings. The highest BCUT2D eigenvalue weighted by atomic mass is 16.4. The third-order valence-corrected chi connectivity index (χ3v) is 3.57. The summed E-state index contributed by atoms with van der Waals surface area (Å²) in [6, 6.07) is 10.1. The van der Waals surface area contributed by atoms with E-state index < -0.39 is 5.97 Å². The first kappa shape index (κ1) is 11.8. The van der Waals surface area contributed by atoms with E-state index >= 15 is 0 Å². The van der Waals surface area contributed by atoms with Crippen LogP contribution in [0.3, 0.4) is 0 Å². The second-order valence-electron chi connectivity index (χ2n) is 4.82. The van der Waals surface area contributed by atoms with Crippen molar-refractivity contribution in [1.82, 2.24) is 20.2 Å². The zero-order valence-corrected chi connectivity index (χ0v) is 10.4. The van der Waals surface area contributed by atoms with Gasteiger partial charge in [-0.1, -0.05) is 30.3 Å². The average molecular weight is 258 g/mol. The Morgan fingerprint density at radius 1 is 1.32 bits per heavy atom. The van der Waals surface area contributed by atoms with Crippen LogP contribution < -0.4 is 0 Å². The highest BCUT2D eigenvalue weighted by Gasteiger charge is 2.50. The molecule has 0 spiro atoms. The molecular formula is C13H14N4O2. The number of aliphatic carboxylic acids is 1. The summed E-state index contributed by atoms with van der Waals surface area (Å²) in [6.45, 7) is 0.312. The van der Waals surface area contributed by atoms with Crippen LogP contribution in [-0.4, -0.2) is 31.3 Å². The standard InChI is InChI=1S/C13H14N4O2/c18-11(19)6-9-17-12(14-15-16-17)13(7-8-13)10-4-2-1-3-5-10/h1-5H,6-9H2,(H,18,19). The van der Waals surface area contributed by atoms with Crippen LogP contribution in [0.1, 0.15) is 30.7 Å². The van der Waals surface area contributed by atoms with E-state index in [1.54, 1.807) is 4.68 Å². The van der Waals surface area contributed by atoms with Gasteiger partial charge < -0.3 is 5.11 Å². The lowest BCUT2D eigenvalue weighted by atomic mass is 9.95. The fraction of sp³-hybridized carbons (Fsp3) is 0.385. The molecule has 1 saturated carbocycles. The summed E-state index contributed by atoms with van der Waals surface area (Å²) in [5, 5.41) is 20.5. The highest BCUT2D eigenvalue weighted by Crippen LogP contribution is 2.52. The quantitative estimate of drug-likeness (QED) is 0.872. The molecular weight excluding hydrogens is 244 g/mol. The number of benzene rings is 1. The van der Waals surface area contributed by atoms with Crippen molar-refractivity contribution in [3.8, 4) is 0 Å². The van der Waals surface area contributed by atoms with Crippen molar-refractivity contribution in [3.63, 3.8) is 0 Å². The van der Waals surface area contributed by atoms with Gasteiger partial charge in [0.2, 0.25) is 0 Å². The van der Waals surface area contributed by atoms with E-state index in [0.29, 0.717) is 6.54 Å². The van der Waals surface area contributed by atoms with Crippen molar-refractivity contribution < 1.29 is 9.90 Å². The molecule has 0 atom stereocenters. The molecule has 1 N–H and O–H groups in total. The molecule has 3 rings (SSSR count). The molecule has 2 aromatic rings. The SMILES string of the molecule is O=C(O)CCn1nnnc1C1(c2ccccc2)CC1. The topological polar surface area (TPSA) is 80.9 Å². The number of carboxylic acid groups (broad SMARTS) is 1. The van der Waals surface area contributed by atoms with E-state index in [-0.39, 0.29) is 11.8 Å². The van der Waals surface area contributed by atoms with E-state index in [9.17, 15) is 4.79 Å². The van der Waals surface area contributed by atoms with Gasteiger partial charge in [0, 0.05) is 0 Å². The number of nitrogens with zero attached hydrogens (tertiary/aromatic N) is 4. The van der Waals surface area contributed by atoms with Gasteiger partial charge in [0.25, 0.3) is 0 Å². The largest absolute Gasteiger partial charge is 0.481 e. The van der Waals surface area contributed by atoms with Crippen LogP contribution in [0.5, 0.6) is 0 Å². The summed E-state index contributed by atoms with van der Waals surface area (Å²) >= 11 is 0. The van der Waals surface area contributed by atoms with Crippen molar-refractivity contribution in [2.75, 3.05) is 0 Å². The zero-order valence-electron chi connectivity index (χ0n) is 10.4. The molecule has 1 aromatic carbocycles. The number of carbonyl (C=O) groups is 1. The molecule has 0 amide bonds. The summed E-state index contributed by atoms with van der Waals surface area (Å²) in [5.74, 6) is -0.0639. The summed E-state index contributed by atoms with van der Waals surface area (Å²) < 4.78 is 1.62. The normalized spacial score (nSPS) is 16.2. The molecule has 0 aliphatic heterocycles. The van der Waals surface area contributed by atoms with E-state index in [4.69, 9.17) is 5.11 Å². The second-order valence-corrected chi connectivity index (χ2v) is 4.82. The Bertz CT molecular complexity index is 590. The predicted octanol–water partition coefficient (Wildman–Crippen LogP) is 1.23. The molecule has 1 aliphatic carbocycles. The molecule has 1 heterocycles. The van der Waals surface area contributed by atoms with E-state index in [0.717, 1.165) is 18.7 Å². The average Bonchev–Trinajstić information content (AvgIpc) is 3.10. The molecule has 6 nitrogen and oxygen atoms in total. The van der Waals surface area contributed by atoms with Crippen molar-refractivity contribution in [1.29, 1.82) is 0 Å². The maximum Gasteiger partial charge on any atom is 0.305 e. The van der Waals surface area contributed by atoms with Gasteiger partial charge in [0.05, 0.1) is 18.4 Å². The lowest BCUT2D eigenvalue weighted by Gasteiger charge is -2.14. The number of aryl methyl sites for hydroxylation is 1. The van der Waals surface area contributed by atoms with Gasteiger partial charge in [-0.15, -0.1) is 5.10 Å². The highest BCUT2D eigenvalue weighted by molar-refractivity contribution is 5.66. The van der Waals surface area contributed by atoms with Crippen LogP contribution >= 0.6 is 0 Å². The summed E-state index contributed by atoms with van der Waals surface area (Å²) in [6.07, 6.45) is 2.04. The van der Waals surface area contributed by atoms with Gasteiger partial charge in [-0.05, 0) is 28.8 Å². The molecule has 19 heavy (non-hydrogen) atoms. The van der Waals surface area contributed by atoms with Gasteiger partial charge in [0.15, 0.2) is 5.82 Å². The number of hydrogen-bond donors (Lipinski definition) is 1. The van der Waals surface area contributed by atoms with Gasteiger partial charge in [-0.25, -0.2) is 4.68 Å². The van der Waals surface area contributed by atoms with Crippen LogP contribution in [0.15, 0.2) is 30.3 Å². The van der Waals surface area contributed by atoms with Crippen LogP contribution in [-0.2, 0) is 16.8 Å². The number of carboxylic acids is 1. The van der Waals surface area contributed by atoms with Gasteiger partial charge in [0.1, 0.15) is 0 Å². The van der Waals surface area contributed by atoms with Crippen LogP contribution in [0.25, 0.3) is 0 Å². The third kappa shape index (κ3) is 2.09. The number of aromatic nitrogens is 4. The van der Waals surface area contributed by atoms with Crippen LogP contribution in [0.2, 0.25) is 0 Å². The van der Waals surface area contributed by atoms with E-state index in [1.807, 2.05) is 18.2 Å². The van der Waals surface area contributed by atoms with Crippen molar-refractivity contribution >= 4 is 5.97 Å². The smallest absolute Gasteiger partial charge is 0.305 e. The summed E-state index contributed by atoms with van der Waals surface area (Å²) in [7, 11) is 0. The van der Waals surface area contributed by atoms with Gasteiger partial charge in [-0.2, -0.15) is 0 Å². The lowest BCUT2D eigenvalue weighted by molar-refractivity contribution is -0.137. The first-order valence-corrected chi connectivity index (χ1v) is 6.26. The lowest BCUT2D eigenvalue weighted by Crippen LogP contribution is -2.18. The molecule has 1 aliphatic rings. The first-order valence-electron chi connectivity index (χ1n) is 6.26. The zero-order chi connectivity index (χ0) is 13.3. The molecule has 98 valence electrons. The maximum absolute atomic E-state index is 10.7. The molecule has 6 heteroatoms. The number of hydrogen-bond acceptors (Lipinski definition) is 4. The Morgan fingerprint density at radius 3 is 2.68 bits per heavy atom. The molecule has 0 bridgehead atoms. The second kappa shape index (κ2) is 4.46. The van der Waals surface area contributed by atoms with E-state index in [2.05, 4.69) is 27.7 Å². The summed E-state index contributed by atoms with van der Waals surface area (Å²) in [5.41, 5.74) is 1.07. The Labute approximate surface area is 110 Å². The fourth-order valence-electron chi connectivity index (χ4n) is 2.42. The Kier molecular flexibility index (Phi) is 2.77. The third-order valence-electron chi connectivity index (χ3n) is 3.57. The van der Waals surface area contributed by atoms with Crippen molar-refractivity contribution in [3.05, 3.63) is 41.7 Å². The molecule has 1 aromatic heterocycles. The molecule has 0 unspecified atom stereocenters. The summed E-state index contributed by atoms with van der Waals surface area (Å²) in [4.78, 5) is 10.7. The van der Waals surface area contributed by atoms with Crippen molar-refractivity contribution in [2.45, 2.75) is 31.2 Å². The van der Waals surface area contributed by atoms with Crippen LogP contribution in [0.4, 0.5) is 0 Å². The predicted molar refractivity (Wildman–Crippen MR) is 66.5 cm³/mol. The van der Waals surface area contributed by atoms with Gasteiger partial charge in [-0.3, -0.25) is 4.79 Å². The minimum absolute atomic E-state index is 0.0307. The Hall–Kier alpha value is -2.24. The number of tetrazole rings is 1. The fourth-order valence-corrected chi connectivity index (χ4v) is 2.42. The monoisotopic (exact) mass is 258 g/mol. The maximum atomic E-state index is 10.7. The first-order chi connectivity index (χ1) is 9.22. The van der Waals surface area contributed by atoms with Crippen LogP contribution in [0, 0.1) is 0 Å². The number of rotatable bonds is 5. The Morgan fingerprint density at radius 2 is 2.05 bits per heavy atom. The Balaban J connectivity index is 1.91. The molecule has 0 saturated heterocycles. The van der Waals surface area contributed by atoms with E-state index in [1.165, 1.54) is 5.56 Å². The molecule has 0 radical (unpaired) electrons.